The lowest BCUT2D eigenvalue weighted by Gasteiger charge is -2.12. The van der Waals surface area contributed by atoms with Crippen LogP contribution in [0.4, 0.5) is 5.69 Å². The Hall–Kier alpha value is -1.61. The van der Waals surface area contributed by atoms with Gasteiger partial charge in [-0.25, -0.2) is 13.2 Å². The number of sulfonamides is 1. The summed E-state index contributed by atoms with van der Waals surface area (Å²) in [4.78, 5) is 24.4. The quantitative estimate of drug-likeness (QED) is 0.564. The fraction of sp³-hybridized carbons (Fsp3) is 0.200. The van der Waals surface area contributed by atoms with Crippen LogP contribution in [0.2, 0.25) is 8.67 Å². The summed E-state index contributed by atoms with van der Waals surface area (Å²) in [6, 6.07) is 7.14. The summed E-state index contributed by atoms with van der Waals surface area (Å²) < 4.78 is 30.2. The summed E-state index contributed by atoms with van der Waals surface area (Å²) in [5, 5.41) is 0. The predicted molar refractivity (Wildman–Crippen MR) is 98.5 cm³/mol. The van der Waals surface area contributed by atoms with Gasteiger partial charge in [0, 0.05) is 11.3 Å². The van der Waals surface area contributed by atoms with E-state index in [0.29, 0.717) is 10.0 Å². The molecule has 134 valence electrons. The van der Waals surface area contributed by atoms with Gasteiger partial charge >= 0.3 is 5.97 Å². The van der Waals surface area contributed by atoms with Gasteiger partial charge in [-0.2, -0.15) is 0 Å². The van der Waals surface area contributed by atoms with E-state index in [1.54, 1.807) is 0 Å². The number of carbonyl (C=O) groups excluding carboxylic acids is 2. The molecule has 0 saturated heterocycles. The van der Waals surface area contributed by atoms with Gasteiger partial charge in [0.15, 0.2) is 6.10 Å². The highest BCUT2D eigenvalue weighted by Gasteiger charge is 2.23. The van der Waals surface area contributed by atoms with Crippen molar-refractivity contribution in [2.45, 2.75) is 13.0 Å². The second-order valence-corrected chi connectivity index (χ2v) is 9.14. The average molecular weight is 422 g/mol. The van der Waals surface area contributed by atoms with E-state index in [1.165, 1.54) is 37.3 Å². The van der Waals surface area contributed by atoms with Crippen molar-refractivity contribution >= 4 is 62.0 Å². The van der Waals surface area contributed by atoms with Crippen LogP contribution >= 0.6 is 34.5 Å². The Bertz CT molecular complexity index is 907. The SMILES string of the molecule is CC(OC(=O)c1cc(Cl)sc1Cl)C(=O)c1ccc(NS(C)(=O)=O)cc1. The first-order valence-corrected chi connectivity index (χ1v) is 10.3. The van der Waals surface area contributed by atoms with Crippen molar-refractivity contribution in [3.05, 3.63) is 50.1 Å². The molecule has 2 aromatic rings. The van der Waals surface area contributed by atoms with Crippen LogP contribution in [0.3, 0.4) is 0 Å². The monoisotopic (exact) mass is 421 g/mol. The number of nitrogens with one attached hydrogen (secondary N) is 1. The number of halogens is 2. The molecule has 0 saturated carbocycles. The van der Waals surface area contributed by atoms with E-state index in [4.69, 9.17) is 27.9 Å². The number of benzene rings is 1. The molecule has 0 aliphatic carbocycles. The summed E-state index contributed by atoms with van der Waals surface area (Å²) >= 11 is 12.7. The van der Waals surface area contributed by atoms with Crippen LogP contribution < -0.4 is 4.72 Å². The molecule has 0 radical (unpaired) electrons. The fourth-order valence-electron chi connectivity index (χ4n) is 1.91. The van der Waals surface area contributed by atoms with Gasteiger partial charge in [-0.3, -0.25) is 9.52 Å². The standard InChI is InChI=1S/C15H13Cl2NO5S2/c1-8(23-15(20)11-7-12(16)24-14(11)17)13(19)9-3-5-10(6-4-9)18-25(2,21)22/h3-8,18H,1-2H3. The van der Waals surface area contributed by atoms with Crippen molar-refractivity contribution in [1.82, 2.24) is 0 Å². The molecule has 1 atom stereocenters. The van der Waals surface area contributed by atoms with Crippen LogP contribution in [0.1, 0.15) is 27.6 Å². The van der Waals surface area contributed by atoms with Crippen LogP contribution in [0, 0.1) is 0 Å². The molecule has 0 bridgehead atoms. The minimum Gasteiger partial charge on any atom is -0.451 e. The van der Waals surface area contributed by atoms with Crippen molar-refractivity contribution in [2.24, 2.45) is 0 Å². The van der Waals surface area contributed by atoms with Crippen molar-refractivity contribution in [3.63, 3.8) is 0 Å². The maximum Gasteiger partial charge on any atom is 0.341 e. The summed E-state index contributed by atoms with van der Waals surface area (Å²) in [7, 11) is -3.40. The molecule has 1 aromatic heterocycles. The Kier molecular flexibility index (Phi) is 6.10. The number of hydrogen-bond acceptors (Lipinski definition) is 6. The van der Waals surface area contributed by atoms with Gasteiger partial charge in [-0.15, -0.1) is 11.3 Å². The molecule has 0 spiro atoms. The van der Waals surface area contributed by atoms with Gasteiger partial charge in [0.1, 0.15) is 4.34 Å². The van der Waals surface area contributed by atoms with E-state index in [-0.39, 0.29) is 15.5 Å². The van der Waals surface area contributed by atoms with Gasteiger partial charge < -0.3 is 4.74 Å². The summed E-state index contributed by atoms with van der Waals surface area (Å²) in [6.45, 7) is 1.44. The van der Waals surface area contributed by atoms with Crippen molar-refractivity contribution in [3.8, 4) is 0 Å². The zero-order chi connectivity index (χ0) is 18.8. The smallest absolute Gasteiger partial charge is 0.341 e. The second kappa shape index (κ2) is 7.74. The topological polar surface area (TPSA) is 89.5 Å². The van der Waals surface area contributed by atoms with Gasteiger partial charge in [0.2, 0.25) is 15.8 Å². The first-order valence-electron chi connectivity index (χ1n) is 6.84. The Labute approximate surface area is 158 Å². The van der Waals surface area contributed by atoms with Crippen LogP contribution in [-0.2, 0) is 14.8 Å². The Morgan fingerprint density at radius 1 is 1.20 bits per heavy atom. The highest BCUT2D eigenvalue weighted by atomic mass is 35.5. The zero-order valence-electron chi connectivity index (χ0n) is 13.1. The molecular weight excluding hydrogens is 409 g/mol. The van der Waals surface area contributed by atoms with E-state index in [0.717, 1.165) is 17.6 Å². The third-order valence-electron chi connectivity index (χ3n) is 3.00. The number of esters is 1. The predicted octanol–water partition coefficient (Wildman–Crippen LogP) is 3.85. The van der Waals surface area contributed by atoms with E-state index in [1.807, 2.05) is 0 Å². The van der Waals surface area contributed by atoms with Crippen LogP contribution in [0.5, 0.6) is 0 Å². The highest BCUT2D eigenvalue weighted by molar-refractivity contribution is 7.92. The summed E-state index contributed by atoms with van der Waals surface area (Å²) in [5.74, 6) is -1.18. The number of thiophene rings is 1. The molecule has 0 aliphatic heterocycles. The number of Topliss-reactive ketones (excluding diaryl/α,β-unsaturated/α-hetero) is 1. The first-order chi connectivity index (χ1) is 11.6. The van der Waals surface area contributed by atoms with Gasteiger partial charge in [0.25, 0.3) is 0 Å². The Morgan fingerprint density at radius 2 is 1.80 bits per heavy atom. The minimum atomic E-state index is -3.40. The molecule has 25 heavy (non-hydrogen) atoms. The number of carbonyl (C=O) groups is 2. The van der Waals surface area contributed by atoms with E-state index >= 15 is 0 Å². The maximum atomic E-state index is 12.3. The summed E-state index contributed by atoms with van der Waals surface area (Å²) in [5.41, 5.74) is 0.696. The molecule has 6 nitrogen and oxygen atoms in total. The normalized spacial score (nSPS) is 12.5. The third kappa shape index (κ3) is 5.43. The first kappa shape index (κ1) is 19.7. The number of hydrogen-bond donors (Lipinski definition) is 1. The van der Waals surface area contributed by atoms with Crippen molar-refractivity contribution < 1.29 is 22.7 Å². The number of ether oxygens (including phenoxy) is 1. The van der Waals surface area contributed by atoms with E-state index < -0.39 is 27.9 Å². The van der Waals surface area contributed by atoms with Gasteiger partial charge in [-0.1, -0.05) is 23.2 Å². The minimum absolute atomic E-state index is 0.101. The lowest BCUT2D eigenvalue weighted by molar-refractivity contribution is 0.0319. The molecular formula is C15H13Cl2NO5S2. The molecule has 1 N–H and O–H groups in total. The molecule has 1 heterocycles. The van der Waals surface area contributed by atoms with Crippen LogP contribution in [0.15, 0.2) is 30.3 Å². The van der Waals surface area contributed by atoms with Gasteiger partial charge in [0.05, 0.1) is 16.2 Å². The number of rotatable bonds is 6. The molecule has 0 fully saturated rings. The van der Waals surface area contributed by atoms with E-state index in [9.17, 15) is 18.0 Å². The average Bonchev–Trinajstić information content (AvgIpc) is 2.84. The molecule has 1 aromatic carbocycles. The lowest BCUT2D eigenvalue weighted by Crippen LogP contribution is -2.24. The lowest BCUT2D eigenvalue weighted by atomic mass is 10.1. The van der Waals surface area contributed by atoms with Crippen LogP contribution in [0.25, 0.3) is 0 Å². The van der Waals surface area contributed by atoms with Crippen molar-refractivity contribution in [1.29, 1.82) is 0 Å². The second-order valence-electron chi connectivity index (χ2n) is 5.10. The zero-order valence-corrected chi connectivity index (χ0v) is 16.2. The molecule has 2 rings (SSSR count). The van der Waals surface area contributed by atoms with Crippen molar-refractivity contribution in [2.75, 3.05) is 11.0 Å². The number of anilines is 1. The molecule has 1 unspecified atom stereocenters. The number of ketones is 1. The third-order valence-corrected chi connectivity index (χ3v) is 5.10. The molecule has 0 amide bonds. The van der Waals surface area contributed by atoms with Crippen LogP contribution in [-0.4, -0.2) is 32.5 Å². The Morgan fingerprint density at radius 3 is 2.28 bits per heavy atom. The maximum absolute atomic E-state index is 12.3. The molecule has 0 aliphatic rings. The van der Waals surface area contributed by atoms with E-state index in [2.05, 4.69) is 4.72 Å². The largest absolute Gasteiger partial charge is 0.451 e. The summed E-state index contributed by atoms with van der Waals surface area (Å²) in [6.07, 6.45) is -0.0222. The highest BCUT2D eigenvalue weighted by Crippen LogP contribution is 2.31. The van der Waals surface area contributed by atoms with Gasteiger partial charge in [-0.05, 0) is 37.3 Å². The Balaban J connectivity index is 2.06. The molecule has 10 heteroatoms. The fourth-order valence-corrected chi connectivity index (χ4v) is 3.91.